The Morgan fingerprint density at radius 1 is 1.13 bits per heavy atom. The van der Waals surface area contributed by atoms with Crippen molar-refractivity contribution < 1.29 is 9.47 Å². The third-order valence-corrected chi connectivity index (χ3v) is 2.34. The molecule has 15 heavy (non-hydrogen) atoms. The van der Waals surface area contributed by atoms with Gasteiger partial charge in [0.1, 0.15) is 12.4 Å². The number of likely N-dealkylation sites (N-methyl/N-ethyl adjacent to an activating group) is 1. The van der Waals surface area contributed by atoms with Crippen LogP contribution in [0.1, 0.15) is 0 Å². The highest BCUT2D eigenvalue weighted by Gasteiger charge is 1.93. The van der Waals surface area contributed by atoms with E-state index in [2.05, 4.69) is 21.2 Å². The molecule has 0 aliphatic heterocycles. The van der Waals surface area contributed by atoms with E-state index in [4.69, 9.17) is 9.47 Å². The molecule has 1 aromatic rings. The largest absolute Gasteiger partial charge is 0.491 e. The molecule has 1 N–H and O–H groups in total. The quantitative estimate of drug-likeness (QED) is 0.772. The molecule has 0 amide bonds. The minimum absolute atomic E-state index is 0.589. The van der Waals surface area contributed by atoms with E-state index in [-0.39, 0.29) is 0 Å². The highest BCUT2D eigenvalue weighted by molar-refractivity contribution is 9.10. The Morgan fingerprint density at radius 3 is 2.53 bits per heavy atom. The van der Waals surface area contributed by atoms with Gasteiger partial charge in [-0.15, -0.1) is 0 Å². The summed E-state index contributed by atoms with van der Waals surface area (Å²) in [6.45, 7) is 2.81. The average Bonchev–Trinajstić information content (AvgIpc) is 2.26. The Kier molecular flexibility index (Phi) is 6.39. The minimum Gasteiger partial charge on any atom is -0.491 e. The van der Waals surface area contributed by atoms with Gasteiger partial charge in [0.05, 0.1) is 13.2 Å². The van der Waals surface area contributed by atoms with E-state index in [9.17, 15) is 0 Å². The number of hydrogen-bond acceptors (Lipinski definition) is 3. The average molecular weight is 274 g/mol. The van der Waals surface area contributed by atoms with Crippen LogP contribution in [0.3, 0.4) is 0 Å². The fraction of sp³-hybridized carbons (Fsp3) is 0.455. The first-order valence-electron chi connectivity index (χ1n) is 4.93. The molecule has 1 aromatic carbocycles. The maximum Gasteiger partial charge on any atom is 0.119 e. The number of halogens is 1. The highest BCUT2D eigenvalue weighted by atomic mass is 79.9. The molecule has 0 aromatic heterocycles. The van der Waals surface area contributed by atoms with Gasteiger partial charge in [0.2, 0.25) is 0 Å². The Labute approximate surface area is 98.9 Å². The van der Waals surface area contributed by atoms with Crippen molar-refractivity contribution in [1.82, 2.24) is 5.32 Å². The zero-order chi connectivity index (χ0) is 10.9. The van der Waals surface area contributed by atoms with Gasteiger partial charge in [0.25, 0.3) is 0 Å². The molecule has 1 rings (SSSR count). The van der Waals surface area contributed by atoms with Gasteiger partial charge in [0, 0.05) is 11.0 Å². The van der Waals surface area contributed by atoms with Crippen molar-refractivity contribution in [3.63, 3.8) is 0 Å². The van der Waals surface area contributed by atoms with E-state index in [1.165, 1.54) is 0 Å². The number of nitrogens with one attached hydrogen (secondary N) is 1. The van der Waals surface area contributed by atoms with Crippen molar-refractivity contribution in [2.45, 2.75) is 0 Å². The summed E-state index contributed by atoms with van der Waals surface area (Å²) in [6, 6.07) is 7.77. The summed E-state index contributed by atoms with van der Waals surface area (Å²) in [5.41, 5.74) is 0. The van der Waals surface area contributed by atoms with Gasteiger partial charge in [-0.25, -0.2) is 0 Å². The monoisotopic (exact) mass is 273 g/mol. The zero-order valence-corrected chi connectivity index (χ0v) is 10.4. The standard InChI is InChI=1S/C11H16BrNO2/c1-13-6-7-14-8-9-15-11-4-2-10(12)3-5-11/h2-5,13H,6-9H2,1H3. The molecule has 0 bridgehead atoms. The lowest BCUT2D eigenvalue weighted by atomic mass is 10.3. The normalized spacial score (nSPS) is 10.3. The Balaban J connectivity index is 2.07. The molecule has 0 saturated carbocycles. The van der Waals surface area contributed by atoms with E-state index in [0.29, 0.717) is 13.2 Å². The van der Waals surface area contributed by atoms with Crippen molar-refractivity contribution in [2.75, 3.05) is 33.4 Å². The molecule has 3 nitrogen and oxygen atoms in total. The third kappa shape index (κ3) is 5.77. The van der Waals surface area contributed by atoms with Gasteiger partial charge in [0.15, 0.2) is 0 Å². The van der Waals surface area contributed by atoms with Crippen molar-refractivity contribution in [3.8, 4) is 5.75 Å². The molecule has 0 radical (unpaired) electrons. The fourth-order valence-electron chi connectivity index (χ4n) is 1.03. The van der Waals surface area contributed by atoms with E-state index >= 15 is 0 Å². The van der Waals surface area contributed by atoms with Crippen molar-refractivity contribution >= 4 is 15.9 Å². The molecule has 0 aliphatic carbocycles. The predicted molar refractivity (Wildman–Crippen MR) is 64.4 cm³/mol. The highest BCUT2D eigenvalue weighted by Crippen LogP contribution is 2.15. The van der Waals surface area contributed by atoms with Crippen LogP contribution in [0.2, 0.25) is 0 Å². The van der Waals surface area contributed by atoms with Crippen molar-refractivity contribution in [3.05, 3.63) is 28.7 Å². The van der Waals surface area contributed by atoms with Crippen LogP contribution in [0.4, 0.5) is 0 Å². The van der Waals surface area contributed by atoms with Crippen LogP contribution in [-0.4, -0.2) is 33.4 Å². The van der Waals surface area contributed by atoms with Crippen LogP contribution in [0, 0.1) is 0 Å². The van der Waals surface area contributed by atoms with Crippen LogP contribution in [-0.2, 0) is 4.74 Å². The second-order valence-corrected chi connectivity index (χ2v) is 3.93. The molecular weight excluding hydrogens is 258 g/mol. The third-order valence-electron chi connectivity index (χ3n) is 1.81. The molecule has 0 aliphatic rings. The van der Waals surface area contributed by atoms with Crippen LogP contribution in [0.15, 0.2) is 28.7 Å². The van der Waals surface area contributed by atoms with Gasteiger partial charge >= 0.3 is 0 Å². The second kappa shape index (κ2) is 7.68. The topological polar surface area (TPSA) is 30.5 Å². The van der Waals surface area contributed by atoms with Crippen molar-refractivity contribution in [1.29, 1.82) is 0 Å². The molecule has 4 heteroatoms. The molecule has 84 valence electrons. The Hall–Kier alpha value is -0.580. The van der Waals surface area contributed by atoms with Gasteiger partial charge in [-0.3, -0.25) is 0 Å². The number of hydrogen-bond donors (Lipinski definition) is 1. The van der Waals surface area contributed by atoms with Crippen LogP contribution >= 0.6 is 15.9 Å². The summed E-state index contributed by atoms with van der Waals surface area (Å²) in [4.78, 5) is 0. The first-order chi connectivity index (χ1) is 7.33. The summed E-state index contributed by atoms with van der Waals surface area (Å²) in [5, 5.41) is 3.01. The smallest absolute Gasteiger partial charge is 0.119 e. The second-order valence-electron chi connectivity index (χ2n) is 3.02. The van der Waals surface area contributed by atoms with Crippen molar-refractivity contribution in [2.24, 2.45) is 0 Å². The fourth-order valence-corrected chi connectivity index (χ4v) is 1.29. The van der Waals surface area contributed by atoms with Gasteiger partial charge < -0.3 is 14.8 Å². The number of rotatable bonds is 7. The van der Waals surface area contributed by atoms with E-state index < -0.39 is 0 Å². The molecule has 0 heterocycles. The Bertz CT molecular complexity index is 264. The van der Waals surface area contributed by atoms with Crippen LogP contribution < -0.4 is 10.1 Å². The summed E-state index contributed by atoms with van der Waals surface area (Å²) >= 11 is 3.37. The van der Waals surface area contributed by atoms with Crippen LogP contribution in [0.25, 0.3) is 0 Å². The summed E-state index contributed by atoms with van der Waals surface area (Å²) < 4.78 is 11.9. The van der Waals surface area contributed by atoms with Gasteiger partial charge in [-0.1, -0.05) is 15.9 Å². The van der Waals surface area contributed by atoms with E-state index in [1.54, 1.807) is 0 Å². The summed E-state index contributed by atoms with van der Waals surface area (Å²) in [7, 11) is 1.90. The maximum absolute atomic E-state index is 5.47. The maximum atomic E-state index is 5.47. The first-order valence-corrected chi connectivity index (χ1v) is 5.73. The summed E-state index contributed by atoms with van der Waals surface area (Å²) in [5.74, 6) is 0.871. The first kappa shape index (κ1) is 12.5. The molecule has 0 fully saturated rings. The molecule has 0 spiro atoms. The predicted octanol–water partition coefficient (Wildman–Crippen LogP) is 2.06. The molecule has 0 saturated heterocycles. The minimum atomic E-state index is 0.589. The molecular formula is C11H16BrNO2. The SMILES string of the molecule is CNCCOCCOc1ccc(Br)cc1. The van der Waals surface area contributed by atoms with E-state index in [1.807, 2.05) is 31.3 Å². The van der Waals surface area contributed by atoms with Gasteiger partial charge in [-0.05, 0) is 31.3 Å². The lowest BCUT2D eigenvalue weighted by molar-refractivity contribution is 0.103. The lowest BCUT2D eigenvalue weighted by Gasteiger charge is -2.06. The van der Waals surface area contributed by atoms with Gasteiger partial charge in [-0.2, -0.15) is 0 Å². The number of ether oxygens (including phenoxy) is 2. The summed E-state index contributed by atoms with van der Waals surface area (Å²) in [6.07, 6.45) is 0. The molecule has 0 atom stereocenters. The lowest BCUT2D eigenvalue weighted by Crippen LogP contribution is -2.16. The Morgan fingerprint density at radius 2 is 1.87 bits per heavy atom. The molecule has 0 unspecified atom stereocenters. The van der Waals surface area contributed by atoms with Crippen LogP contribution in [0.5, 0.6) is 5.75 Å². The van der Waals surface area contributed by atoms with E-state index in [0.717, 1.165) is 23.4 Å². The number of benzene rings is 1. The zero-order valence-electron chi connectivity index (χ0n) is 8.83.